The maximum atomic E-state index is 11.4. The lowest BCUT2D eigenvalue weighted by Crippen LogP contribution is -2.34. The average molecular weight is 475 g/mol. The SMILES string of the molecule is CCCCCCCCCC(O)CC(c1ccccc1)(c1ccc(OC)cc1)c1ccc(OC)cc1. The summed E-state index contributed by atoms with van der Waals surface area (Å²) >= 11 is 0. The lowest BCUT2D eigenvalue weighted by Gasteiger charge is -2.38. The molecule has 0 saturated carbocycles. The van der Waals surface area contributed by atoms with Gasteiger partial charge in [0.05, 0.1) is 20.3 Å². The van der Waals surface area contributed by atoms with E-state index >= 15 is 0 Å². The van der Waals surface area contributed by atoms with Crippen molar-refractivity contribution >= 4 is 0 Å². The van der Waals surface area contributed by atoms with E-state index in [1.807, 2.05) is 30.3 Å². The van der Waals surface area contributed by atoms with Crippen LogP contribution in [0.3, 0.4) is 0 Å². The first-order valence-electron chi connectivity index (χ1n) is 13.2. The van der Waals surface area contributed by atoms with Gasteiger partial charge in [0.1, 0.15) is 11.5 Å². The highest BCUT2D eigenvalue weighted by atomic mass is 16.5. The minimum absolute atomic E-state index is 0.407. The first-order valence-corrected chi connectivity index (χ1v) is 13.2. The third kappa shape index (κ3) is 7.11. The lowest BCUT2D eigenvalue weighted by atomic mass is 9.66. The van der Waals surface area contributed by atoms with Crippen LogP contribution in [0.15, 0.2) is 78.9 Å². The van der Waals surface area contributed by atoms with Crippen molar-refractivity contribution in [3.63, 3.8) is 0 Å². The smallest absolute Gasteiger partial charge is 0.118 e. The largest absolute Gasteiger partial charge is 0.497 e. The van der Waals surface area contributed by atoms with Crippen molar-refractivity contribution in [3.05, 3.63) is 95.6 Å². The molecule has 3 heteroatoms. The Morgan fingerprint density at radius 3 is 1.57 bits per heavy atom. The summed E-state index contributed by atoms with van der Waals surface area (Å²) < 4.78 is 10.9. The van der Waals surface area contributed by atoms with E-state index in [0.717, 1.165) is 35.5 Å². The van der Waals surface area contributed by atoms with Gasteiger partial charge in [-0.3, -0.25) is 0 Å². The highest BCUT2D eigenvalue weighted by Gasteiger charge is 2.38. The molecule has 3 rings (SSSR count). The van der Waals surface area contributed by atoms with Crippen LogP contribution in [-0.2, 0) is 5.41 Å². The number of aliphatic hydroxyl groups is 1. The van der Waals surface area contributed by atoms with Gasteiger partial charge in [-0.2, -0.15) is 0 Å². The molecule has 1 N–H and O–H groups in total. The van der Waals surface area contributed by atoms with E-state index in [4.69, 9.17) is 9.47 Å². The van der Waals surface area contributed by atoms with Crippen LogP contribution in [0.4, 0.5) is 0 Å². The molecule has 0 fully saturated rings. The molecule has 0 radical (unpaired) electrons. The number of ether oxygens (including phenoxy) is 2. The molecule has 35 heavy (non-hydrogen) atoms. The molecule has 0 spiro atoms. The van der Waals surface area contributed by atoms with Gasteiger partial charge in [0.15, 0.2) is 0 Å². The highest BCUT2D eigenvalue weighted by molar-refractivity contribution is 5.52. The van der Waals surface area contributed by atoms with Crippen molar-refractivity contribution in [1.29, 1.82) is 0 Å². The van der Waals surface area contributed by atoms with E-state index in [1.165, 1.54) is 44.1 Å². The summed E-state index contributed by atoms with van der Waals surface area (Å²) in [4.78, 5) is 0. The number of aliphatic hydroxyl groups excluding tert-OH is 1. The Hall–Kier alpha value is -2.78. The summed E-state index contributed by atoms with van der Waals surface area (Å²) in [6.45, 7) is 2.25. The molecular weight excluding hydrogens is 432 g/mol. The van der Waals surface area contributed by atoms with Crippen LogP contribution in [0.1, 0.15) is 81.4 Å². The van der Waals surface area contributed by atoms with Gasteiger partial charge in [0.25, 0.3) is 0 Å². The minimum atomic E-state index is -0.486. The van der Waals surface area contributed by atoms with Gasteiger partial charge in [0.2, 0.25) is 0 Å². The van der Waals surface area contributed by atoms with E-state index in [2.05, 4.69) is 55.5 Å². The molecule has 0 aliphatic rings. The maximum Gasteiger partial charge on any atom is 0.118 e. The summed E-state index contributed by atoms with van der Waals surface area (Å²) in [6, 6.07) is 27.2. The Balaban J connectivity index is 1.92. The Labute approximate surface area is 212 Å². The molecule has 0 bridgehead atoms. The standard InChI is InChI=1S/C32H42O3/c1-4-5-6-7-8-9-13-16-29(33)25-32(26-14-11-10-12-15-26,27-17-21-30(34-2)22-18-27)28-19-23-31(35-3)24-20-28/h10-12,14-15,17-24,29,33H,4-9,13,16,25H2,1-3H3. The number of hydrogen-bond acceptors (Lipinski definition) is 3. The zero-order valence-corrected chi connectivity index (χ0v) is 21.7. The Morgan fingerprint density at radius 2 is 1.09 bits per heavy atom. The third-order valence-corrected chi connectivity index (χ3v) is 7.11. The second-order valence-electron chi connectivity index (χ2n) is 9.50. The van der Waals surface area contributed by atoms with Gasteiger partial charge in [0, 0.05) is 5.41 Å². The topological polar surface area (TPSA) is 38.7 Å². The normalized spacial score (nSPS) is 12.3. The van der Waals surface area contributed by atoms with Crippen LogP contribution in [0.25, 0.3) is 0 Å². The highest BCUT2D eigenvalue weighted by Crippen LogP contribution is 2.44. The predicted octanol–water partition coefficient (Wildman–Crippen LogP) is 7.93. The van der Waals surface area contributed by atoms with Gasteiger partial charge >= 0.3 is 0 Å². The Morgan fingerprint density at radius 1 is 0.629 bits per heavy atom. The molecule has 0 heterocycles. The predicted molar refractivity (Wildman–Crippen MR) is 146 cm³/mol. The number of benzene rings is 3. The molecular formula is C32H42O3. The first-order chi connectivity index (χ1) is 17.1. The van der Waals surface area contributed by atoms with Crippen LogP contribution in [0.5, 0.6) is 11.5 Å². The van der Waals surface area contributed by atoms with E-state index in [1.54, 1.807) is 14.2 Å². The van der Waals surface area contributed by atoms with Crippen molar-refractivity contribution < 1.29 is 14.6 Å². The summed E-state index contributed by atoms with van der Waals surface area (Å²) in [5.74, 6) is 1.66. The summed E-state index contributed by atoms with van der Waals surface area (Å²) in [5, 5.41) is 11.4. The average Bonchev–Trinajstić information content (AvgIpc) is 2.92. The fourth-order valence-corrected chi connectivity index (χ4v) is 5.12. The van der Waals surface area contributed by atoms with Gasteiger partial charge in [-0.05, 0) is 53.8 Å². The van der Waals surface area contributed by atoms with E-state index in [0.29, 0.717) is 6.42 Å². The number of methoxy groups -OCH3 is 2. The first kappa shape index (κ1) is 26.8. The molecule has 3 aromatic rings. The Kier molecular flexibility index (Phi) is 10.7. The van der Waals surface area contributed by atoms with Gasteiger partial charge in [-0.1, -0.05) is 106 Å². The zero-order chi connectivity index (χ0) is 24.9. The molecule has 3 nitrogen and oxygen atoms in total. The molecule has 1 unspecified atom stereocenters. The van der Waals surface area contributed by atoms with Crippen molar-refractivity contribution in [2.24, 2.45) is 0 Å². The fraction of sp³-hybridized carbons (Fsp3) is 0.438. The lowest BCUT2D eigenvalue weighted by molar-refractivity contribution is 0.134. The summed E-state index contributed by atoms with van der Waals surface area (Å²) in [7, 11) is 3.38. The summed E-state index contributed by atoms with van der Waals surface area (Å²) in [5.41, 5.74) is 2.98. The molecule has 0 amide bonds. The zero-order valence-electron chi connectivity index (χ0n) is 21.7. The number of unbranched alkanes of at least 4 members (excludes halogenated alkanes) is 6. The van der Waals surface area contributed by atoms with Crippen LogP contribution in [0.2, 0.25) is 0 Å². The van der Waals surface area contributed by atoms with E-state index in [-0.39, 0.29) is 0 Å². The molecule has 0 saturated heterocycles. The molecule has 188 valence electrons. The van der Waals surface area contributed by atoms with Crippen LogP contribution >= 0.6 is 0 Å². The fourth-order valence-electron chi connectivity index (χ4n) is 5.12. The van der Waals surface area contributed by atoms with Crippen LogP contribution in [0, 0.1) is 0 Å². The van der Waals surface area contributed by atoms with E-state index in [9.17, 15) is 5.11 Å². The summed E-state index contributed by atoms with van der Waals surface area (Å²) in [6.07, 6.45) is 9.75. The molecule has 1 atom stereocenters. The third-order valence-electron chi connectivity index (χ3n) is 7.11. The number of hydrogen-bond donors (Lipinski definition) is 1. The molecule has 0 aromatic heterocycles. The van der Waals surface area contributed by atoms with Crippen molar-refractivity contribution in [2.45, 2.75) is 76.2 Å². The van der Waals surface area contributed by atoms with Crippen molar-refractivity contribution in [3.8, 4) is 11.5 Å². The van der Waals surface area contributed by atoms with Crippen molar-refractivity contribution in [2.75, 3.05) is 14.2 Å². The Bertz CT molecular complexity index is 916. The van der Waals surface area contributed by atoms with Gasteiger partial charge in [-0.25, -0.2) is 0 Å². The maximum absolute atomic E-state index is 11.4. The van der Waals surface area contributed by atoms with Gasteiger partial charge in [-0.15, -0.1) is 0 Å². The second kappa shape index (κ2) is 13.9. The molecule has 0 aliphatic carbocycles. The molecule has 0 aliphatic heterocycles. The van der Waals surface area contributed by atoms with Crippen molar-refractivity contribution in [1.82, 2.24) is 0 Å². The van der Waals surface area contributed by atoms with Crippen LogP contribution < -0.4 is 9.47 Å². The minimum Gasteiger partial charge on any atom is -0.497 e. The van der Waals surface area contributed by atoms with E-state index < -0.39 is 11.5 Å². The monoisotopic (exact) mass is 474 g/mol. The second-order valence-corrected chi connectivity index (χ2v) is 9.50. The van der Waals surface area contributed by atoms with Crippen LogP contribution in [-0.4, -0.2) is 25.4 Å². The molecule has 3 aromatic carbocycles. The number of rotatable bonds is 15. The quantitative estimate of drug-likeness (QED) is 0.179. The van der Waals surface area contributed by atoms with Gasteiger partial charge < -0.3 is 14.6 Å².